The van der Waals surface area contributed by atoms with Gasteiger partial charge in [0.05, 0.1) is 0 Å². The topological polar surface area (TPSA) is 0 Å². The quantitative estimate of drug-likeness (QED) is 0.353. The van der Waals surface area contributed by atoms with Crippen LogP contribution in [0.3, 0.4) is 0 Å². The molecule has 0 radical (unpaired) electrons. The molecular weight excluding hydrogens is 295 g/mol. The van der Waals surface area contributed by atoms with Crippen LogP contribution in [0.5, 0.6) is 0 Å². The molecule has 0 aromatic carbocycles. The molecule has 80 valence electrons. The van der Waals surface area contributed by atoms with Gasteiger partial charge in [0.15, 0.2) is 0 Å². The summed E-state index contributed by atoms with van der Waals surface area (Å²) in [4.78, 5) is 0. The number of hydrogen-bond acceptors (Lipinski definition) is 0. The number of alkyl halides is 1. The van der Waals surface area contributed by atoms with E-state index in [1.54, 1.807) is 11.1 Å². The van der Waals surface area contributed by atoms with Crippen LogP contribution in [0, 0.1) is 11.8 Å². The summed E-state index contributed by atoms with van der Waals surface area (Å²) in [6, 6.07) is 0. The predicted molar refractivity (Wildman–Crippen MR) is 73.2 cm³/mol. The highest BCUT2D eigenvalue weighted by Crippen LogP contribution is 2.46. The van der Waals surface area contributed by atoms with Crippen molar-refractivity contribution in [2.45, 2.75) is 36.0 Å². The first-order valence-corrected chi connectivity index (χ1v) is 7.31. The average molecular weight is 312 g/mol. The lowest BCUT2D eigenvalue weighted by Gasteiger charge is -2.39. The first kappa shape index (κ1) is 10.1. The average Bonchev–Trinajstić information content (AvgIpc) is 2.30. The SMILES string of the molecule is I[C@@H]1C[C@@H]2C=CCCC2C2=C1C=CCC2. The molecule has 3 aliphatic rings. The molecule has 0 aromatic rings. The monoisotopic (exact) mass is 312 g/mol. The minimum atomic E-state index is 0.762. The zero-order chi connectivity index (χ0) is 10.3. The van der Waals surface area contributed by atoms with Crippen molar-refractivity contribution < 1.29 is 0 Å². The standard InChI is InChI=1S/C14H17I/c15-14-9-10-5-1-2-6-11(10)12-7-3-4-8-13(12)14/h1,4-5,8,10-11,14H,2-3,6-7,9H2/t10-,11?,14+/m0/s1. The normalized spacial score (nSPS) is 38.9. The fourth-order valence-corrected chi connectivity index (χ4v) is 4.54. The lowest BCUT2D eigenvalue weighted by Crippen LogP contribution is -2.29. The third-order valence-corrected chi connectivity index (χ3v) is 5.24. The second kappa shape index (κ2) is 4.08. The smallest absolute Gasteiger partial charge is 0.0364 e. The van der Waals surface area contributed by atoms with E-state index in [0.717, 1.165) is 15.8 Å². The molecular formula is C14H17I. The second-order valence-corrected chi connectivity index (χ2v) is 6.40. The van der Waals surface area contributed by atoms with Crippen LogP contribution in [0.25, 0.3) is 0 Å². The summed E-state index contributed by atoms with van der Waals surface area (Å²) in [6.07, 6.45) is 16.3. The molecule has 3 atom stereocenters. The van der Waals surface area contributed by atoms with Crippen LogP contribution >= 0.6 is 22.6 Å². The first-order valence-electron chi connectivity index (χ1n) is 6.06. The largest absolute Gasteiger partial charge is 0.0882 e. The predicted octanol–water partition coefficient (Wildman–Crippen LogP) is 4.42. The maximum atomic E-state index is 2.64. The molecule has 0 aliphatic heterocycles. The lowest BCUT2D eigenvalue weighted by atomic mass is 9.68. The zero-order valence-electron chi connectivity index (χ0n) is 8.95. The highest BCUT2D eigenvalue weighted by molar-refractivity contribution is 14.1. The van der Waals surface area contributed by atoms with Gasteiger partial charge >= 0.3 is 0 Å². The van der Waals surface area contributed by atoms with Gasteiger partial charge in [-0.1, -0.05) is 52.5 Å². The maximum absolute atomic E-state index is 2.64. The molecule has 15 heavy (non-hydrogen) atoms. The molecule has 3 aliphatic carbocycles. The van der Waals surface area contributed by atoms with E-state index in [2.05, 4.69) is 46.9 Å². The molecule has 0 aromatic heterocycles. The highest BCUT2D eigenvalue weighted by Gasteiger charge is 2.34. The molecule has 0 nitrogen and oxygen atoms in total. The third-order valence-electron chi connectivity index (χ3n) is 4.06. The van der Waals surface area contributed by atoms with Gasteiger partial charge in [-0.3, -0.25) is 0 Å². The minimum absolute atomic E-state index is 0.762. The van der Waals surface area contributed by atoms with E-state index in [1.807, 2.05) is 0 Å². The van der Waals surface area contributed by atoms with Crippen molar-refractivity contribution >= 4 is 22.6 Å². The number of rotatable bonds is 0. The molecule has 0 fully saturated rings. The van der Waals surface area contributed by atoms with Gasteiger partial charge < -0.3 is 0 Å². The van der Waals surface area contributed by atoms with Crippen LogP contribution in [0.2, 0.25) is 0 Å². The first-order chi connectivity index (χ1) is 7.36. The molecule has 0 bridgehead atoms. The summed E-state index contributed by atoms with van der Waals surface area (Å²) in [7, 11) is 0. The van der Waals surface area contributed by atoms with Gasteiger partial charge in [-0.05, 0) is 49.5 Å². The van der Waals surface area contributed by atoms with Crippen molar-refractivity contribution in [3.8, 4) is 0 Å². The van der Waals surface area contributed by atoms with E-state index in [4.69, 9.17) is 0 Å². The Labute approximate surface area is 106 Å². The summed E-state index contributed by atoms with van der Waals surface area (Å²) in [6.45, 7) is 0. The number of fused-ring (bicyclic) bond motifs is 2. The van der Waals surface area contributed by atoms with Crippen LogP contribution < -0.4 is 0 Å². The Morgan fingerprint density at radius 3 is 3.07 bits per heavy atom. The molecule has 0 amide bonds. The lowest BCUT2D eigenvalue weighted by molar-refractivity contribution is 0.361. The maximum Gasteiger partial charge on any atom is 0.0364 e. The fourth-order valence-electron chi connectivity index (χ4n) is 3.34. The molecule has 3 rings (SSSR count). The van der Waals surface area contributed by atoms with E-state index in [-0.39, 0.29) is 0 Å². The van der Waals surface area contributed by atoms with Gasteiger partial charge in [0.2, 0.25) is 0 Å². The number of hydrogen-bond donors (Lipinski definition) is 0. The van der Waals surface area contributed by atoms with E-state index < -0.39 is 0 Å². The molecule has 0 N–H and O–H groups in total. The minimum Gasteiger partial charge on any atom is -0.0882 e. The summed E-state index contributed by atoms with van der Waals surface area (Å²) >= 11 is 2.64. The van der Waals surface area contributed by atoms with E-state index in [0.29, 0.717) is 0 Å². The van der Waals surface area contributed by atoms with Crippen molar-refractivity contribution in [3.05, 3.63) is 35.5 Å². The third kappa shape index (κ3) is 1.73. The molecule has 0 saturated heterocycles. The molecule has 0 spiro atoms. The Morgan fingerprint density at radius 2 is 2.13 bits per heavy atom. The molecule has 0 heterocycles. The van der Waals surface area contributed by atoms with Crippen LogP contribution in [-0.4, -0.2) is 3.92 Å². The van der Waals surface area contributed by atoms with Crippen molar-refractivity contribution in [1.29, 1.82) is 0 Å². The van der Waals surface area contributed by atoms with Gasteiger partial charge in [-0.2, -0.15) is 0 Å². The van der Waals surface area contributed by atoms with Gasteiger partial charge in [-0.15, -0.1) is 0 Å². The van der Waals surface area contributed by atoms with Crippen molar-refractivity contribution in [3.63, 3.8) is 0 Å². The van der Waals surface area contributed by atoms with Gasteiger partial charge in [-0.25, -0.2) is 0 Å². The van der Waals surface area contributed by atoms with Crippen molar-refractivity contribution in [2.24, 2.45) is 11.8 Å². The zero-order valence-corrected chi connectivity index (χ0v) is 11.1. The Hall–Kier alpha value is -0.0500. The van der Waals surface area contributed by atoms with Gasteiger partial charge in [0, 0.05) is 3.92 Å². The molecule has 0 saturated carbocycles. The van der Waals surface area contributed by atoms with E-state index >= 15 is 0 Å². The van der Waals surface area contributed by atoms with Crippen molar-refractivity contribution in [2.75, 3.05) is 0 Å². The van der Waals surface area contributed by atoms with E-state index in [1.165, 1.54) is 32.1 Å². The Balaban J connectivity index is 2.00. The van der Waals surface area contributed by atoms with Crippen LogP contribution in [-0.2, 0) is 0 Å². The summed E-state index contributed by atoms with van der Waals surface area (Å²) in [5, 5.41) is 0. The second-order valence-electron chi connectivity index (χ2n) is 4.90. The molecule has 1 heteroatoms. The van der Waals surface area contributed by atoms with E-state index in [9.17, 15) is 0 Å². The Kier molecular flexibility index (Phi) is 2.75. The van der Waals surface area contributed by atoms with Gasteiger partial charge in [0.1, 0.15) is 0 Å². The summed E-state index contributed by atoms with van der Waals surface area (Å²) in [5.74, 6) is 1.74. The highest BCUT2D eigenvalue weighted by atomic mass is 127. The summed E-state index contributed by atoms with van der Waals surface area (Å²) < 4.78 is 0.762. The fraction of sp³-hybridized carbons (Fsp3) is 0.571. The van der Waals surface area contributed by atoms with Gasteiger partial charge in [0.25, 0.3) is 0 Å². The number of allylic oxidation sites excluding steroid dienone is 6. The number of halogens is 1. The van der Waals surface area contributed by atoms with Crippen LogP contribution in [0.4, 0.5) is 0 Å². The van der Waals surface area contributed by atoms with Crippen LogP contribution in [0.1, 0.15) is 32.1 Å². The summed E-state index contributed by atoms with van der Waals surface area (Å²) in [5.41, 5.74) is 3.48. The van der Waals surface area contributed by atoms with Crippen molar-refractivity contribution in [1.82, 2.24) is 0 Å². The Morgan fingerprint density at radius 1 is 1.20 bits per heavy atom. The Bertz CT molecular complexity index is 348. The van der Waals surface area contributed by atoms with Crippen LogP contribution in [0.15, 0.2) is 35.5 Å². The molecule has 1 unspecified atom stereocenters.